The summed E-state index contributed by atoms with van der Waals surface area (Å²) < 4.78 is 51.9. The lowest BCUT2D eigenvalue weighted by Gasteiger charge is -2.24. The molecule has 0 bridgehead atoms. The Labute approximate surface area is 175 Å². The molecule has 0 fully saturated rings. The maximum Gasteiger partial charge on any atom is 0.416 e. The molecule has 0 saturated heterocycles. The highest BCUT2D eigenvalue weighted by atomic mass is 19.4. The molecule has 10 heteroatoms. The Morgan fingerprint density at radius 3 is 2.26 bits per heavy atom. The van der Waals surface area contributed by atoms with E-state index in [4.69, 9.17) is 9.47 Å². The lowest BCUT2D eigenvalue weighted by atomic mass is 10.1. The third-order valence-corrected chi connectivity index (χ3v) is 4.41. The molecule has 0 spiro atoms. The second-order valence-corrected chi connectivity index (χ2v) is 6.47. The number of allylic oxidation sites excluding steroid dienone is 2. The fraction of sp³-hybridized carbons (Fsp3) is 0.190. The van der Waals surface area contributed by atoms with Crippen LogP contribution in [0.3, 0.4) is 0 Å². The first kappa shape index (κ1) is 21.9. The number of anilines is 1. The molecule has 2 heterocycles. The summed E-state index contributed by atoms with van der Waals surface area (Å²) in [6.07, 6.45) is 3.90. The van der Waals surface area contributed by atoms with Crippen molar-refractivity contribution < 1.29 is 32.2 Å². The number of benzene rings is 1. The Balaban J connectivity index is 2.27. The van der Waals surface area contributed by atoms with Gasteiger partial charge in [0.1, 0.15) is 5.70 Å². The van der Waals surface area contributed by atoms with Gasteiger partial charge in [-0.1, -0.05) is 6.08 Å². The number of aromatic nitrogens is 2. The summed E-state index contributed by atoms with van der Waals surface area (Å²) in [6.45, 7) is 1.70. The highest BCUT2D eigenvalue weighted by Crippen LogP contribution is 2.36. The van der Waals surface area contributed by atoms with E-state index < -0.39 is 23.7 Å². The first-order valence-corrected chi connectivity index (χ1v) is 8.94. The number of rotatable bonds is 4. The van der Waals surface area contributed by atoms with Crippen LogP contribution in [-0.4, -0.2) is 35.7 Å². The molecule has 0 radical (unpaired) electrons. The van der Waals surface area contributed by atoms with Crippen molar-refractivity contribution in [3.05, 3.63) is 77.7 Å². The van der Waals surface area contributed by atoms with Gasteiger partial charge in [0.15, 0.2) is 0 Å². The van der Waals surface area contributed by atoms with Gasteiger partial charge in [-0.2, -0.15) is 13.2 Å². The average molecular weight is 433 g/mol. The number of ether oxygens (including phenoxy) is 2. The minimum absolute atomic E-state index is 0.0158. The van der Waals surface area contributed by atoms with Crippen LogP contribution in [0.15, 0.2) is 66.4 Å². The topological polar surface area (TPSA) is 73.7 Å². The molecule has 2 aromatic rings. The highest BCUT2D eigenvalue weighted by Gasteiger charge is 2.33. The van der Waals surface area contributed by atoms with Crippen LogP contribution in [0.5, 0.6) is 0 Å². The van der Waals surface area contributed by atoms with Gasteiger partial charge in [-0.05, 0) is 37.3 Å². The van der Waals surface area contributed by atoms with E-state index in [-0.39, 0.29) is 22.6 Å². The van der Waals surface area contributed by atoms with E-state index in [0.717, 1.165) is 31.3 Å². The Kier molecular flexibility index (Phi) is 6.00. The van der Waals surface area contributed by atoms with Crippen LogP contribution in [0.1, 0.15) is 11.3 Å². The van der Waals surface area contributed by atoms with Crippen molar-refractivity contribution in [2.45, 2.75) is 13.1 Å². The predicted octanol–water partition coefficient (Wildman–Crippen LogP) is 3.69. The molecular formula is C21H18F3N3O4. The number of esters is 2. The first-order valence-electron chi connectivity index (χ1n) is 8.94. The number of hydrogen-bond donors (Lipinski definition) is 0. The molecule has 3 rings (SSSR count). The molecule has 0 aliphatic carbocycles. The van der Waals surface area contributed by atoms with Crippen molar-refractivity contribution in [2.24, 2.45) is 0 Å². The highest BCUT2D eigenvalue weighted by molar-refractivity contribution is 6.05. The molecule has 1 aliphatic heterocycles. The third-order valence-electron chi connectivity index (χ3n) is 4.41. The van der Waals surface area contributed by atoms with Crippen molar-refractivity contribution in [3.8, 4) is 5.69 Å². The smallest absolute Gasteiger partial charge is 0.416 e. The summed E-state index contributed by atoms with van der Waals surface area (Å²) >= 11 is 0. The van der Waals surface area contributed by atoms with Crippen molar-refractivity contribution in [2.75, 3.05) is 19.1 Å². The van der Waals surface area contributed by atoms with Gasteiger partial charge in [0.05, 0.1) is 37.4 Å². The van der Waals surface area contributed by atoms with Crippen LogP contribution in [0.4, 0.5) is 18.9 Å². The molecule has 1 aromatic carbocycles. The van der Waals surface area contributed by atoms with E-state index in [1.54, 1.807) is 13.1 Å². The molecule has 0 saturated carbocycles. The number of aryl methyl sites for hydroxylation is 1. The van der Waals surface area contributed by atoms with Gasteiger partial charge in [-0.25, -0.2) is 14.6 Å². The standard InChI is InChI=1S/C21H18F3N3O4/c1-13-11-26(12-25-13)15-8-14(21(22,23)24)9-16(10-15)27-7-5-4-6-17(19(28)30-2)18(27)20(29)31-3/h4-12H,1-3H3. The number of nitrogens with zero attached hydrogens (tertiary/aromatic N) is 3. The molecule has 0 N–H and O–H groups in total. The van der Waals surface area contributed by atoms with Crippen molar-refractivity contribution in [1.82, 2.24) is 9.55 Å². The Morgan fingerprint density at radius 1 is 1.00 bits per heavy atom. The minimum atomic E-state index is -4.66. The Hall–Kier alpha value is -3.82. The van der Waals surface area contributed by atoms with Gasteiger partial charge in [-0.3, -0.25) is 0 Å². The van der Waals surface area contributed by atoms with E-state index in [1.807, 2.05) is 0 Å². The fourth-order valence-electron chi connectivity index (χ4n) is 2.97. The average Bonchev–Trinajstić information content (AvgIpc) is 3.05. The predicted molar refractivity (Wildman–Crippen MR) is 105 cm³/mol. The van der Waals surface area contributed by atoms with Gasteiger partial charge in [-0.15, -0.1) is 0 Å². The summed E-state index contributed by atoms with van der Waals surface area (Å²) in [5, 5.41) is 0. The second kappa shape index (κ2) is 8.50. The van der Waals surface area contributed by atoms with Gasteiger partial charge < -0.3 is 18.9 Å². The van der Waals surface area contributed by atoms with Crippen LogP contribution >= 0.6 is 0 Å². The Morgan fingerprint density at radius 2 is 1.68 bits per heavy atom. The second-order valence-electron chi connectivity index (χ2n) is 6.47. The van der Waals surface area contributed by atoms with E-state index in [0.29, 0.717) is 5.69 Å². The van der Waals surface area contributed by atoms with Crippen molar-refractivity contribution in [3.63, 3.8) is 0 Å². The van der Waals surface area contributed by atoms with E-state index in [9.17, 15) is 22.8 Å². The fourth-order valence-corrected chi connectivity index (χ4v) is 2.97. The van der Waals surface area contributed by atoms with E-state index in [1.165, 1.54) is 41.4 Å². The largest absolute Gasteiger partial charge is 0.465 e. The number of carbonyl (C=O) groups excluding carboxylic acids is 2. The van der Waals surface area contributed by atoms with E-state index in [2.05, 4.69) is 4.98 Å². The summed E-state index contributed by atoms with van der Waals surface area (Å²) in [7, 11) is 2.23. The lowest BCUT2D eigenvalue weighted by Crippen LogP contribution is -2.27. The first-order chi connectivity index (χ1) is 14.7. The number of imidazole rings is 1. The molecule has 7 nitrogen and oxygen atoms in total. The number of halogens is 3. The summed E-state index contributed by atoms with van der Waals surface area (Å²) in [6, 6.07) is 3.28. The Bertz CT molecular complexity index is 1110. The van der Waals surface area contributed by atoms with E-state index >= 15 is 0 Å². The maximum atomic E-state index is 13.6. The van der Waals surface area contributed by atoms with Crippen molar-refractivity contribution >= 4 is 17.6 Å². The lowest BCUT2D eigenvalue weighted by molar-refractivity contribution is -0.139. The zero-order valence-corrected chi connectivity index (χ0v) is 16.8. The zero-order valence-electron chi connectivity index (χ0n) is 16.8. The summed E-state index contributed by atoms with van der Waals surface area (Å²) in [4.78, 5) is 30.0. The minimum Gasteiger partial charge on any atom is -0.465 e. The maximum absolute atomic E-state index is 13.6. The van der Waals surface area contributed by atoms with Gasteiger partial charge in [0.25, 0.3) is 0 Å². The summed E-state index contributed by atoms with van der Waals surface area (Å²) in [5.41, 5.74) is -0.636. The van der Waals surface area contributed by atoms with Crippen LogP contribution in [0.2, 0.25) is 0 Å². The summed E-state index contributed by atoms with van der Waals surface area (Å²) in [5.74, 6) is -1.77. The molecule has 162 valence electrons. The number of hydrogen-bond acceptors (Lipinski definition) is 6. The molecule has 1 aromatic heterocycles. The van der Waals surface area contributed by atoms with Crippen LogP contribution < -0.4 is 4.90 Å². The zero-order chi connectivity index (χ0) is 22.8. The van der Waals surface area contributed by atoms with Crippen LogP contribution in [0.25, 0.3) is 5.69 Å². The number of carbonyl (C=O) groups is 2. The molecule has 0 amide bonds. The molecule has 0 atom stereocenters. The normalized spacial score (nSPS) is 13.9. The van der Waals surface area contributed by atoms with Crippen molar-refractivity contribution in [1.29, 1.82) is 0 Å². The number of alkyl halides is 3. The van der Waals surface area contributed by atoms with Crippen LogP contribution in [0, 0.1) is 6.92 Å². The molecule has 0 unspecified atom stereocenters. The van der Waals surface area contributed by atoms with Crippen LogP contribution in [-0.2, 0) is 25.2 Å². The van der Waals surface area contributed by atoms with Gasteiger partial charge in [0, 0.05) is 23.8 Å². The quantitative estimate of drug-likeness (QED) is 0.685. The SMILES string of the molecule is COC(=O)C1=C(C(=O)OC)N(c2cc(-n3cnc(C)c3)cc(C(F)(F)F)c2)C=CC=C1. The van der Waals surface area contributed by atoms with Gasteiger partial charge in [0.2, 0.25) is 0 Å². The third kappa shape index (κ3) is 4.52. The van der Waals surface area contributed by atoms with Gasteiger partial charge >= 0.3 is 18.1 Å². The monoisotopic (exact) mass is 433 g/mol. The molecular weight excluding hydrogens is 415 g/mol. The number of methoxy groups -OCH3 is 2. The molecule has 31 heavy (non-hydrogen) atoms. The molecule has 1 aliphatic rings.